The van der Waals surface area contributed by atoms with Crippen molar-refractivity contribution in [3.63, 3.8) is 0 Å². The van der Waals surface area contributed by atoms with Crippen molar-refractivity contribution in [2.45, 2.75) is 12.8 Å². The second kappa shape index (κ2) is 4.46. The normalized spacial score (nSPS) is 14.3. The second-order valence-electron chi connectivity index (χ2n) is 4.39. The molecular formula is C14H14N2OS. The number of carbonyl (C=O) groups excluding carboxylic acids is 1. The first-order valence-corrected chi connectivity index (χ1v) is 6.88. The standard InChI is InChI=1S/C14H14N2OS/c15-13-11(7-9-18-13)14(17)16-8-3-5-10-4-1-2-6-12(10)16/h1-2,4,6-7,9H,3,5,8,15H2. The zero-order valence-electron chi connectivity index (χ0n) is 9.93. The van der Waals surface area contributed by atoms with E-state index < -0.39 is 0 Å². The molecule has 1 amide bonds. The molecule has 2 aromatic rings. The molecule has 0 fully saturated rings. The molecule has 0 saturated carbocycles. The maximum atomic E-state index is 12.5. The summed E-state index contributed by atoms with van der Waals surface area (Å²) < 4.78 is 0. The van der Waals surface area contributed by atoms with Gasteiger partial charge in [-0.25, -0.2) is 0 Å². The fraction of sp³-hybridized carbons (Fsp3) is 0.214. The molecule has 18 heavy (non-hydrogen) atoms. The number of benzene rings is 1. The van der Waals surface area contributed by atoms with Crippen LogP contribution in [0, 0.1) is 0 Å². The van der Waals surface area contributed by atoms with Crippen LogP contribution < -0.4 is 10.6 Å². The molecule has 0 atom stereocenters. The number of nitrogen functional groups attached to an aromatic ring is 1. The highest BCUT2D eigenvalue weighted by Crippen LogP contribution is 2.30. The lowest BCUT2D eigenvalue weighted by molar-refractivity contribution is 0.0986. The third kappa shape index (κ3) is 1.78. The van der Waals surface area contributed by atoms with E-state index in [4.69, 9.17) is 5.73 Å². The van der Waals surface area contributed by atoms with Crippen molar-refractivity contribution < 1.29 is 4.79 Å². The first-order chi connectivity index (χ1) is 8.77. The van der Waals surface area contributed by atoms with Crippen molar-refractivity contribution in [3.05, 3.63) is 46.8 Å². The summed E-state index contributed by atoms with van der Waals surface area (Å²) in [6.45, 7) is 0.769. The average Bonchev–Trinajstić information content (AvgIpc) is 2.83. The van der Waals surface area contributed by atoms with E-state index in [1.165, 1.54) is 16.9 Å². The van der Waals surface area contributed by atoms with Gasteiger partial charge in [0.1, 0.15) is 0 Å². The number of anilines is 2. The van der Waals surface area contributed by atoms with Crippen molar-refractivity contribution in [2.75, 3.05) is 17.2 Å². The van der Waals surface area contributed by atoms with Gasteiger partial charge < -0.3 is 10.6 Å². The van der Waals surface area contributed by atoms with Crippen LogP contribution >= 0.6 is 11.3 Å². The molecule has 1 aliphatic heterocycles. The molecule has 0 spiro atoms. The van der Waals surface area contributed by atoms with Gasteiger partial charge in [0.15, 0.2) is 0 Å². The van der Waals surface area contributed by atoms with E-state index in [9.17, 15) is 4.79 Å². The molecule has 2 heterocycles. The molecule has 3 nitrogen and oxygen atoms in total. The van der Waals surface area contributed by atoms with Crippen LogP contribution in [0.15, 0.2) is 35.7 Å². The van der Waals surface area contributed by atoms with E-state index in [2.05, 4.69) is 6.07 Å². The van der Waals surface area contributed by atoms with Gasteiger partial charge in [0.05, 0.1) is 10.6 Å². The van der Waals surface area contributed by atoms with Crippen LogP contribution in [0.1, 0.15) is 22.3 Å². The third-order valence-electron chi connectivity index (χ3n) is 3.28. The van der Waals surface area contributed by atoms with Crippen molar-refractivity contribution in [2.24, 2.45) is 0 Å². The quantitative estimate of drug-likeness (QED) is 0.855. The maximum Gasteiger partial charge on any atom is 0.261 e. The number of thiophene rings is 1. The number of rotatable bonds is 1. The van der Waals surface area contributed by atoms with Crippen LogP contribution in [0.25, 0.3) is 0 Å². The van der Waals surface area contributed by atoms with Gasteiger partial charge in [-0.15, -0.1) is 11.3 Å². The molecule has 1 aliphatic rings. The molecule has 1 aromatic carbocycles. The monoisotopic (exact) mass is 258 g/mol. The number of hydrogen-bond donors (Lipinski definition) is 1. The maximum absolute atomic E-state index is 12.5. The Hall–Kier alpha value is -1.81. The van der Waals surface area contributed by atoms with Gasteiger partial charge in [0.2, 0.25) is 0 Å². The average molecular weight is 258 g/mol. The number of para-hydroxylation sites is 1. The SMILES string of the molecule is Nc1sccc1C(=O)N1CCCc2ccccc21. The lowest BCUT2D eigenvalue weighted by Crippen LogP contribution is -2.35. The molecule has 4 heteroatoms. The van der Waals surface area contributed by atoms with E-state index in [0.717, 1.165) is 25.1 Å². The Balaban J connectivity index is 2.00. The zero-order valence-corrected chi connectivity index (χ0v) is 10.7. The molecular weight excluding hydrogens is 244 g/mol. The lowest BCUT2D eigenvalue weighted by atomic mass is 10.0. The molecule has 3 rings (SSSR count). The lowest BCUT2D eigenvalue weighted by Gasteiger charge is -2.29. The fourth-order valence-corrected chi connectivity index (χ4v) is 3.02. The highest BCUT2D eigenvalue weighted by Gasteiger charge is 2.24. The van der Waals surface area contributed by atoms with Gasteiger partial charge in [0, 0.05) is 12.2 Å². The van der Waals surface area contributed by atoms with Crippen molar-refractivity contribution in [1.29, 1.82) is 0 Å². The summed E-state index contributed by atoms with van der Waals surface area (Å²) in [6.07, 6.45) is 2.05. The number of nitrogens with two attached hydrogens (primary N) is 1. The Kier molecular flexibility index (Phi) is 2.80. The van der Waals surface area contributed by atoms with Gasteiger partial charge in [-0.2, -0.15) is 0 Å². The number of aryl methyl sites for hydroxylation is 1. The molecule has 0 aliphatic carbocycles. The summed E-state index contributed by atoms with van der Waals surface area (Å²) in [5, 5.41) is 2.46. The van der Waals surface area contributed by atoms with Gasteiger partial charge in [-0.3, -0.25) is 4.79 Å². The highest BCUT2D eigenvalue weighted by molar-refractivity contribution is 7.14. The minimum atomic E-state index is 0.0147. The van der Waals surface area contributed by atoms with Crippen LogP contribution in [0.2, 0.25) is 0 Å². The van der Waals surface area contributed by atoms with E-state index in [-0.39, 0.29) is 5.91 Å². The number of hydrogen-bond acceptors (Lipinski definition) is 3. The Labute approximate surface area is 110 Å². The summed E-state index contributed by atoms with van der Waals surface area (Å²) in [4.78, 5) is 14.3. The zero-order chi connectivity index (χ0) is 12.5. The highest BCUT2D eigenvalue weighted by atomic mass is 32.1. The van der Waals surface area contributed by atoms with Crippen LogP contribution in [0.4, 0.5) is 10.7 Å². The second-order valence-corrected chi connectivity index (χ2v) is 5.34. The number of amides is 1. The molecule has 0 bridgehead atoms. The number of carbonyl (C=O) groups is 1. The molecule has 92 valence electrons. The van der Waals surface area contributed by atoms with Gasteiger partial charge >= 0.3 is 0 Å². The number of nitrogens with zero attached hydrogens (tertiary/aromatic N) is 1. The van der Waals surface area contributed by atoms with Gasteiger partial charge in [0.25, 0.3) is 5.91 Å². The number of fused-ring (bicyclic) bond motifs is 1. The summed E-state index contributed by atoms with van der Waals surface area (Å²) in [5.74, 6) is 0.0147. The van der Waals surface area contributed by atoms with Gasteiger partial charge in [-0.05, 0) is 35.9 Å². The predicted octanol–water partition coefficient (Wildman–Crippen LogP) is 2.92. The topological polar surface area (TPSA) is 46.3 Å². The fourth-order valence-electron chi connectivity index (χ4n) is 2.39. The summed E-state index contributed by atoms with van der Waals surface area (Å²) in [7, 11) is 0. The Morgan fingerprint density at radius 2 is 2.11 bits per heavy atom. The Morgan fingerprint density at radius 3 is 2.89 bits per heavy atom. The summed E-state index contributed by atoms with van der Waals surface area (Å²) in [5.41, 5.74) is 8.73. The van der Waals surface area contributed by atoms with Crippen LogP contribution in [0.3, 0.4) is 0 Å². The summed E-state index contributed by atoms with van der Waals surface area (Å²) in [6, 6.07) is 9.90. The summed E-state index contributed by atoms with van der Waals surface area (Å²) >= 11 is 1.41. The van der Waals surface area contributed by atoms with E-state index >= 15 is 0 Å². The first-order valence-electron chi connectivity index (χ1n) is 6.00. The van der Waals surface area contributed by atoms with Gasteiger partial charge in [-0.1, -0.05) is 18.2 Å². The molecule has 2 N–H and O–H groups in total. The minimum Gasteiger partial charge on any atom is -0.390 e. The molecule has 0 saturated heterocycles. The third-order valence-corrected chi connectivity index (χ3v) is 4.03. The molecule has 0 unspecified atom stereocenters. The van der Waals surface area contributed by atoms with E-state index in [1.54, 1.807) is 6.07 Å². The molecule has 0 radical (unpaired) electrons. The molecule has 1 aromatic heterocycles. The van der Waals surface area contributed by atoms with E-state index in [1.807, 2.05) is 28.5 Å². The Morgan fingerprint density at radius 1 is 1.28 bits per heavy atom. The largest absolute Gasteiger partial charge is 0.390 e. The van der Waals surface area contributed by atoms with Crippen LogP contribution in [0.5, 0.6) is 0 Å². The minimum absolute atomic E-state index is 0.0147. The van der Waals surface area contributed by atoms with Crippen molar-refractivity contribution in [3.8, 4) is 0 Å². The Bertz CT molecular complexity index is 591. The first kappa shape index (κ1) is 11.3. The van der Waals surface area contributed by atoms with Crippen molar-refractivity contribution >= 4 is 27.9 Å². The van der Waals surface area contributed by atoms with Crippen LogP contribution in [-0.2, 0) is 6.42 Å². The predicted molar refractivity (Wildman–Crippen MR) is 75.2 cm³/mol. The van der Waals surface area contributed by atoms with Crippen LogP contribution in [-0.4, -0.2) is 12.5 Å². The smallest absolute Gasteiger partial charge is 0.261 e. The van der Waals surface area contributed by atoms with E-state index in [0.29, 0.717) is 10.6 Å². The van der Waals surface area contributed by atoms with Crippen molar-refractivity contribution in [1.82, 2.24) is 0 Å².